The quantitative estimate of drug-likeness (QED) is 0.882. The minimum absolute atomic E-state index is 0.0258. The first-order valence-electron chi connectivity index (χ1n) is 6.84. The number of rotatable bonds is 4. The first-order chi connectivity index (χ1) is 10.7. The topological polar surface area (TPSA) is 47.6 Å². The van der Waals surface area contributed by atoms with Crippen LogP contribution in [0.4, 0.5) is 5.69 Å². The van der Waals surface area contributed by atoms with Crippen molar-refractivity contribution in [2.24, 2.45) is 0 Å². The maximum Gasteiger partial charge on any atom is 0.225 e. The molecule has 0 radical (unpaired) electrons. The second-order valence-electron chi connectivity index (χ2n) is 4.91. The highest BCUT2D eigenvalue weighted by Gasteiger charge is 2.28. The highest BCUT2D eigenvalue weighted by atomic mass is 32.1. The monoisotopic (exact) mass is 313 g/mol. The average molecular weight is 313 g/mol. The summed E-state index contributed by atoms with van der Waals surface area (Å²) in [7, 11) is 1.59. The fourth-order valence-corrected chi connectivity index (χ4v) is 3.57. The average Bonchev–Trinajstić information content (AvgIpc) is 3.00. The van der Waals surface area contributed by atoms with Gasteiger partial charge in [0.15, 0.2) is 11.5 Å². The lowest BCUT2D eigenvalue weighted by Crippen LogP contribution is -2.22. The van der Waals surface area contributed by atoms with E-state index in [4.69, 9.17) is 15.9 Å². The van der Waals surface area contributed by atoms with Crippen LogP contribution >= 0.6 is 11.3 Å². The third-order valence-electron chi connectivity index (χ3n) is 3.58. The summed E-state index contributed by atoms with van der Waals surface area (Å²) in [6, 6.07) is 7.65. The van der Waals surface area contributed by atoms with Crippen molar-refractivity contribution in [3.05, 3.63) is 40.1 Å². The Morgan fingerprint density at radius 3 is 3.05 bits per heavy atom. The number of fused-ring (bicyclic) bond motifs is 1. The van der Waals surface area contributed by atoms with Gasteiger partial charge in [-0.25, -0.2) is 0 Å². The van der Waals surface area contributed by atoms with E-state index in [-0.39, 0.29) is 18.4 Å². The summed E-state index contributed by atoms with van der Waals surface area (Å²) >= 11 is 1.64. The third-order valence-corrected chi connectivity index (χ3v) is 4.61. The fraction of sp³-hybridized carbons (Fsp3) is 0.235. The van der Waals surface area contributed by atoms with Gasteiger partial charge < -0.3 is 14.8 Å². The molecule has 1 atom stereocenters. The lowest BCUT2D eigenvalue weighted by molar-refractivity contribution is -0.116. The van der Waals surface area contributed by atoms with Gasteiger partial charge in [-0.3, -0.25) is 4.79 Å². The highest BCUT2D eigenvalue weighted by molar-refractivity contribution is 7.10. The molecule has 0 unspecified atom stereocenters. The molecule has 1 N–H and O–H groups in total. The molecule has 3 rings (SSSR count). The number of thiophene rings is 1. The van der Waals surface area contributed by atoms with Crippen molar-refractivity contribution >= 4 is 22.9 Å². The summed E-state index contributed by atoms with van der Waals surface area (Å²) < 4.78 is 10.8. The number of anilines is 1. The van der Waals surface area contributed by atoms with E-state index in [1.54, 1.807) is 18.4 Å². The van der Waals surface area contributed by atoms with Crippen LogP contribution in [0.1, 0.15) is 22.8 Å². The Morgan fingerprint density at radius 2 is 2.27 bits per heavy atom. The summed E-state index contributed by atoms with van der Waals surface area (Å²) in [6.45, 7) is 0.176. The van der Waals surface area contributed by atoms with Gasteiger partial charge in [-0.05, 0) is 29.1 Å². The molecule has 112 valence electrons. The second-order valence-corrected chi connectivity index (χ2v) is 5.85. The van der Waals surface area contributed by atoms with Gasteiger partial charge in [0.2, 0.25) is 5.91 Å². The summed E-state index contributed by atoms with van der Waals surface area (Å²) in [6.07, 6.45) is 5.67. The Morgan fingerprint density at radius 1 is 1.41 bits per heavy atom. The van der Waals surface area contributed by atoms with Crippen LogP contribution in [0.25, 0.3) is 0 Å². The molecular weight excluding hydrogens is 298 g/mol. The van der Waals surface area contributed by atoms with Gasteiger partial charge >= 0.3 is 0 Å². The van der Waals surface area contributed by atoms with Crippen molar-refractivity contribution in [1.29, 1.82) is 0 Å². The highest BCUT2D eigenvalue weighted by Crippen LogP contribution is 2.42. The molecule has 0 spiro atoms. The van der Waals surface area contributed by atoms with E-state index in [1.807, 2.05) is 29.6 Å². The van der Waals surface area contributed by atoms with Gasteiger partial charge in [-0.2, -0.15) is 0 Å². The molecular formula is C17H15NO3S. The zero-order valence-corrected chi connectivity index (χ0v) is 12.9. The number of hydrogen-bond acceptors (Lipinski definition) is 4. The molecule has 1 amide bonds. The number of methoxy groups -OCH3 is 1. The first-order valence-corrected chi connectivity index (χ1v) is 7.72. The van der Waals surface area contributed by atoms with Gasteiger partial charge in [-0.1, -0.05) is 12.0 Å². The van der Waals surface area contributed by atoms with Crippen LogP contribution in [0.2, 0.25) is 0 Å². The molecule has 22 heavy (non-hydrogen) atoms. The minimum Gasteiger partial charge on any atom is -0.493 e. The van der Waals surface area contributed by atoms with Crippen LogP contribution in [-0.4, -0.2) is 19.6 Å². The number of amides is 1. The van der Waals surface area contributed by atoms with E-state index in [1.165, 1.54) is 0 Å². The minimum atomic E-state index is 0.0258. The molecule has 5 heteroatoms. The first kappa shape index (κ1) is 14.5. The Bertz CT molecular complexity index is 745. The van der Waals surface area contributed by atoms with E-state index >= 15 is 0 Å². The number of carbonyl (C=O) groups excluding carboxylic acids is 1. The van der Waals surface area contributed by atoms with Gasteiger partial charge in [0.25, 0.3) is 0 Å². The van der Waals surface area contributed by atoms with Gasteiger partial charge in [-0.15, -0.1) is 17.8 Å². The molecule has 0 bridgehead atoms. The van der Waals surface area contributed by atoms with Crippen LogP contribution < -0.4 is 14.8 Å². The summed E-state index contributed by atoms with van der Waals surface area (Å²) in [5, 5.41) is 4.89. The van der Waals surface area contributed by atoms with Crippen molar-refractivity contribution in [2.75, 3.05) is 19.0 Å². The SMILES string of the molecule is C#CCOc1cc([C@@H]2CC(=O)Nc3ccsc32)ccc1OC. The molecule has 1 aromatic heterocycles. The molecule has 0 aliphatic carbocycles. The molecule has 0 saturated heterocycles. The van der Waals surface area contributed by atoms with Crippen LogP contribution in [0.5, 0.6) is 11.5 Å². The normalized spacial score (nSPS) is 16.4. The van der Waals surface area contributed by atoms with E-state index in [2.05, 4.69) is 11.2 Å². The van der Waals surface area contributed by atoms with Gasteiger partial charge in [0.05, 0.1) is 12.8 Å². The van der Waals surface area contributed by atoms with Crippen LogP contribution in [0, 0.1) is 12.3 Å². The Hall–Kier alpha value is -2.45. The number of ether oxygens (including phenoxy) is 2. The largest absolute Gasteiger partial charge is 0.493 e. The molecule has 2 aromatic rings. The predicted octanol–water partition coefficient (Wildman–Crippen LogP) is 3.24. The molecule has 0 saturated carbocycles. The van der Waals surface area contributed by atoms with Crippen molar-refractivity contribution in [2.45, 2.75) is 12.3 Å². The van der Waals surface area contributed by atoms with E-state index in [9.17, 15) is 4.79 Å². The van der Waals surface area contributed by atoms with E-state index in [0.29, 0.717) is 17.9 Å². The van der Waals surface area contributed by atoms with Crippen molar-refractivity contribution < 1.29 is 14.3 Å². The molecule has 1 aliphatic heterocycles. The molecule has 1 aliphatic rings. The molecule has 1 aromatic carbocycles. The van der Waals surface area contributed by atoms with E-state index < -0.39 is 0 Å². The predicted molar refractivity (Wildman–Crippen MR) is 86.7 cm³/mol. The summed E-state index contributed by atoms with van der Waals surface area (Å²) in [5.41, 5.74) is 1.92. The lowest BCUT2D eigenvalue weighted by Gasteiger charge is -2.23. The maximum atomic E-state index is 11.9. The zero-order chi connectivity index (χ0) is 15.5. The molecule has 0 fully saturated rings. The summed E-state index contributed by atoms with van der Waals surface area (Å²) in [4.78, 5) is 13.1. The second kappa shape index (κ2) is 6.12. The molecule has 2 heterocycles. The van der Waals surface area contributed by atoms with Gasteiger partial charge in [0.1, 0.15) is 6.61 Å². The van der Waals surface area contributed by atoms with E-state index in [0.717, 1.165) is 16.1 Å². The number of carbonyl (C=O) groups is 1. The maximum absolute atomic E-state index is 11.9. The third kappa shape index (κ3) is 2.66. The standard InChI is InChI=1S/C17H15NO3S/c1-3-7-21-15-9-11(4-5-14(15)20-2)12-10-16(19)18-13-6-8-22-17(12)13/h1,4-6,8-9,12H,7,10H2,2H3,(H,18,19)/t12-/m0/s1. The van der Waals surface area contributed by atoms with Crippen LogP contribution in [0.3, 0.4) is 0 Å². The Kier molecular flexibility index (Phi) is 4.03. The lowest BCUT2D eigenvalue weighted by atomic mass is 9.90. The van der Waals surface area contributed by atoms with Crippen molar-refractivity contribution in [3.63, 3.8) is 0 Å². The smallest absolute Gasteiger partial charge is 0.225 e. The van der Waals surface area contributed by atoms with Crippen molar-refractivity contribution in [3.8, 4) is 23.8 Å². The number of hydrogen-bond donors (Lipinski definition) is 1. The molecule has 4 nitrogen and oxygen atoms in total. The Balaban J connectivity index is 1.99. The van der Waals surface area contributed by atoms with Gasteiger partial charge in [0, 0.05) is 17.2 Å². The zero-order valence-electron chi connectivity index (χ0n) is 12.1. The summed E-state index contributed by atoms with van der Waals surface area (Å²) in [5.74, 6) is 3.73. The number of terminal acetylenes is 1. The number of benzene rings is 1. The van der Waals surface area contributed by atoms with Crippen LogP contribution in [0.15, 0.2) is 29.6 Å². The number of nitrogens with one attached hydrogen (secondary N) is 1. The van der Waals surface area contributed by atoms with Crippen molar-refractivity contribution in [1.82, 2.24) is 0 Å². The fourth-order valence-electron chi connectivity index (χ4n) is 2.58. The van der Waals surface area contributed by atoms with Crippen LogP contribution in [-0.2, 0) is 4.79 Å². The Labute approximate surface area is 133 Å².